The normalized spacial score (nSPS) is 20.2. The van der Waals surface area contributed by atoms with Crippen LogP contribution in [0.15, 0.2) is 46.6 Å². The molecule has 1 aromatic carbocycles. The van der Waals surface area contributed by atoms with Gasteiger partial charge in [0.15, 0.2) is 0 Å². The Balaban J connectivity index is 1.95. The van der Waals surface area contributed by atoms with Crippen molar-refractivity contribution in [2.24, 2.45) is 5.73 Å². The van der Waals surface area contributed by atoms with Crippen molar-refractivity contribution in [1.82, 2.24) is 4.57 Å². The van der Waals surface area contributed by atoms with E-state index in [0.29, 0.717) is 35.8 Å². The standard InChI is InChI=1S/C23H26N2O6/c1-13-11-17-19(22(26)25(13)12-14-7-6-10-30-14)18(15-8-4-5-9-16(15)28-2)20(21(24)31-17)23(27)29-3/h4-5,8-9,11,14,18H,6-7,10,12,24H2,1-3H3/t14-,18+/m1/s1. The number of nitrogens with zero attached hydrogens (tertiary/aromatic N) is 1. The zero-order valence-corrected chi connectivity index (χ0v) is 17.8. The number of carbonyl (C=O) groups excluding carboxylic acids is 1. The molecular formula is C23H26N2O6. The summed E-state index contributed by atoms with van der Waals surface area (Å²) in [6.07, 6.45) is 1.85. The third-order valence-corrected chi connectivity index (χ3v) is 5.83. The van der Waals surface area contributed by atoms with Gasteiger partial charge in [0.1, 0.15) is 17.1 Å². The van der Waals surface area contributed by atoms with E-state index in [4.69, 9.17) is 24.7 Å². The van der Waals surface area contributed by atoms with Crippen LogP contribution < -0.4 is 20.8 Å². The first-order valence-corrected chi connectivity index (χ1v) is 10.2. The highest BCUT2D eigenvalue weighted by molar-refractivity contribution is 5.92. The van der Waals surface area contributed by atoms with Gasteiger partial charge in [-0.15, -0.1) is 0 Å². The van der Waals surface area contributed by atoms with Crippen LogP contribution in [-0.2, 0) is 20.8 Å². The molecule has 4 rings (SSSR count). The predicted octanol–water partition coefficient (Wildman–Crippen LogP) is 2.21. The molecule has 8 heteroatoms. The summed E-state index contributed by atoms with van der Waals surface area (Å²) in [5, 5.41) is 0. The van der Waals surface area contributed by atoms with Crippen LogP contribution in [0.2, 0.25) is 0 Å². The lowest BCUT2D eigenvalue weighted by atomic mass is 9.83. The Kier molecular flexibility index (Phi) is 5.73. The summed E-state index contributed by atoms with van der Waals surface area (Å²) >= 11 is 0. The number of methoxy groups -OCH3 is 2. The smallest absolute Gasteiger partial charge is 0.340 e. The van der Waals surface area contributed by atoms with E-state index in [1.807, 2.05) is 19.1 Å². The number of pyridine rings is 1. The number of hydrogen-bond donors (Lipinski definition) is 1. The van der Waals surface area contributed by atoms with Crippen LogP contribution >= 0.6 is 0 Å². The molecule has 1 saturated heterocycles. The number of hydrogen-bond acceptors (Lipinski definition) is 7. The first kappa shape index (κ1) is 21.0. The molecule has 0 bridgehead atoms. The van der Waals surface area contributed by atoms with Crippen molar-refractivity contribution in [3.8, 4) is 11.5 Å². The molecule has 0 unspecified atom stereocenters. The topological polar surface area (TPSA) is 102 Å². The van der Waals surface area contributed by atoms with E-state index < -0.39 is 11.9 Å². The maximum atomic E-state index is 13.7. The van der Waals surface area contributed by atoms with Gasteiger partial charge in [-0.2, -0.15) is 0 Å². The van der Waals surface area contributed by atoms with Crippen LogP contribution in [0.3, 0.4) is 0 Å². The van der Waals surface area contributed by atoms with Crippen molar-refractivity contribution in [1.29, 1.82) is 0 Å². The van der Waals surface area contributed by atoms with Crippen molar-refractivity contribution >= 4 is 5.97 Å². The second-order valence-corrected chi connectivity index (χ2v) is 7.66. The van der Waals surface area contributed by atoms with E-state index in [1.54, 1.807) is 22.8 Å². The molecule has 2 atom stereocenters. The Morgan fingerprint density at radius 2 is 2.06 bits per heavy atom. The lowest BCUT2D eigenvalue weighted by Gasteiger charge is -2.30. The van der Waals surface area contributed by atoms with E-state index in [0.717, 1.165) is 18.5 Å². The first-order valence-electron chi connectivity index (χ1n) is 10.2. The average Bonchev–Trinajstić information content (AvgIpc) is 3.28. The summed E-state index contributed by atoms with van der Waals surface area (Å²) in [6.45, 7) is 2.97. The lowest BCUT2D eigenvalue weighted by Crippen LogP contribution is -2.36. The molecule has 0 radical (unpaired) electrons. The van der Waals surface area contributed by atoms with Crippen molar-refractivity contribution in [3.05, 3.63) is 69.0 Å². The number of esters is 1. The zero-order valence-electron chi connectivity index (χ0n) is 17.8. The van der Waals surface area contributed by atoms with Gasteiger partial charge >= 0.3 is 5.97 Å². The average molecular weight is 426 g/mol. The third-order valence-electron chi connectivity index (χ3n) is 5.83. The molecule has 2 N–H and O–H groups in total. The SMILES string of the molecule is COC(=O)C1=C(N)Oc2cc(C)n(C[C@H]3CCCO3)c(=O)c2[C@@H]1c1ccccc1OC. The maximum absolute atomic E-state index is 13.7. The Labute approximate surface area is 180 Å². The fraction of sp³-hybridized carbons (Fsp3) is 0.391. The Morgan fingerprint density at radius 3 is 2.74 bits per heavy atom. The molecule has 1 fully saturated rings. The molecule has 0 spiro atoms. The van der Waals surface area contributed by atoms with Crippen LogP contribution in [0.4, 0.5) is 0 Å². The molecule has 2 aliphatic heterocycles. The van der Waals surface area contributed by atoms with Gasteiger partial charge in [-0.3, -0.25) is 4.79 Å². The largest absolute Gasteiger partial charge is 0.496 e. The van der Waals surface area contributed by atoms with Gasteiger partial charge in [0.25, 0.3) is 5.56 Å². The van der Waals surface area contributed by atoms with Gasteiger partial charge < -0.3 is 29.2 Å². The Hall–Kier alpha value is -3.26. The van der Waals surface area contributed by atoms with Crippen LogP contribution in [0, 0.1) is 6.92 Å². The van der Waals surface area contributed by atoms with E-state index in [2.05, 4.69) is 0 Å². The fourth-order valence-corrected chi connectivity index (χ4v) is 4.33. The van der Waals surface area contributed by atoms with Gasteiger partial charge in [-0.1, -0.05) is 18.2 Å². The molecule has 0 saturated carbocycles. The lowest BCUT2D eigenvalue weighted by molar-refractivity contribution is -0.136. The summed E-state index contributed by atoms with van der Waals surface area (Å²) in [7, 11) is 2.80. The number of para-hydroxylation sites is 1. The summed E-state index contributed by atoms with van der Waals surface area (Å²) in [5.74, 6) is -0.695. The first-order chi connectivity index (χ1) is 15.0. The highest BCUT2D eigenvalue weighted by Gasteiger charge is 2.39. The second-order valence-electron chi connectivity index (χ2n) is 7.66. The van der Waals surface area contributed by atoms with Crippen molar-refractivity contribution in [3.63, 3.8) is 0 Å². The van der Waals surface area contributed by atoms with E-state index in [9.17, 15) is 9.59 Å². The number of aromatic nitrogens is 1. The summed E-state index contributed by atoms with van der Waals surface area (Å²) < 4.78 is 23.7. The number of rotatable bonds is 5. The highest BCUT2D eigenvalue weighted by atomic mass is 16.5. The van der Waals surface area contributed by atoms with Crippen molar-refractivity contribution in [2.45, 2.75) is 38.3 Å². The predicted molar refractivity (Wildman–Crippen MR) is 113 cm³/mol. The van der Waals surface area contributed by atoms with Gasteiger partial charge in [0.2, 0.25) is 5.88 Å². The summed E-state index contributed by atoms with van der Waals surface area (Å²) in [4.78, 5) is 26.4. The van der Waals surface area contributed by atoms with E-state index in [-0.39, 0.29) is 23.1 Å². The number of fused-ring (bicyclic) bond motifs is 1. The minimum Gasteiger partial charge on any atom is -0.496 e. The van der Waals surface area contributed by atoms with Crippen molar-refractivity contribution in [2.75, 3.05) is 20.8 Å². The van der Waals surface area contributed by atoms with E-state index in [1.165, 1.54) is 14.2 Å². The highest BCUT2D eigenvalue weighted by Crippen LogP contribution is 2.44. The molecule has 2 aromatic rings. The van der Waals surface area contributed by atoms with E-state index >= 15 is 0 Å². The maximum Gasteiger partial charge on any atom is 0.340 e. The fourth-order valence-electron chi connectivity index (χ4n) is 4.33. The van der Waals surface area contributed by atoms with Crippen LogP contribution in [0.5, 0.6) is 11.5 Å². The minimum absolute atomic E-state index is 0.0237. The quantitative estimate of drug-likeness (QED) is 0.732. The Morgan fingerprint density at radius 1 is 1.29 bits per heavy atom. The molecular weight excluding hydrogens is 400 g/mol. The van der Waals surface area contributed by atoms with Crippen molar-refractivity contribution < 1.29 is 23.7 Å². The Bertz CT molecular complexity index is 1100. The third kappa shape index (κ3) is 3.67. The van der Waals surface area contributed by atoms with Gasteiger partial charge in [0, 0.05) is 23.9 Å². The molecule has 0 aliphatic carbocycles. The number of benzene rings is 1. The molecule has 3 heterocycles. The number of aryl methyl sites for hydroxylation is 1. The monoisotopic (exact) mass is 426 g/mol. The van der Waals surface area contributed by atoms with Crippen LogP contribution in [0.1, 0.15) is 35.6 Å². The zero-order chi connectivity index (χ0) is 22.1. The molecule has 31 heavy (non-hydrogen) atoms. The van der Waals surface area contributed by atoms with Gasteiger partial charge in [-0.05, 0) is 25.8 Å². The summed E-state index contributed by atoms with van der Waals surface area (Å²) in [5.41, 5.74) is 7.64. The minimum atomic E-state index is -0.795. The molecule has 8 nitrogen and oxygen atoms in total. The number of ether oxygens (including phenoxy) is 4. The second kappa shape index (κ2) is 8.47. The molecule has 1 aromatic heterocycles. The number of carbonyl (C=O) groups is 1. The van der Waals surface area contributed by atoms with Gasteiger partial charge in [-0.25, -0.2) is 4.79 Å². The van der Waals surface area contributed by atoms with Crippen LogP contribution in [0.25, 0.3) is 0 Å². The molecule has 2 aliphatic rings. The van der Waals surface area contributed by atoms with Crippen LogP contribution in [-0.4, -0.2) is 37.5 Å². The van der Waals surface area contributed by atoms with Gasteiger partial charge in [0.05, 0.1) is 38.3 Å². The number of nitrogens with two attached hydrogens (primary N) is 1. The molecule has 164 valence electrons. The molecule has 0 amide bonds. The summed E-state index contributed by atoms with van der Waals surface area (Å²) in [6, 6.07) is 8.98.